The Bertz CT molecular complexity index is 262. The molecule has 0 spiro atoms. The molecule has 0 fully saturated rings. The van der Waals surface area contributed by atoms with Gasteiger partial charge < -0.3 is 39.8 Å². The fraction of sp³-hybridized carbons (Fsp3) is 0.800. The van der Waals surface area contributed by atoms with Gasteiger partial charge in [0.15, 0.2) is 12.6 Å². The first-order chi connectivity index (χ1) is 9.31. The maximum absolute atomic E-state index is 9.33. The average molecular weight is 354 g/mol. The minimum atomic E-state index is -0.500. The Hall–Kier alpha value is 0.220. The number of aliphatic hydroxyl groups is 2. The second-order valence-corrected chi connectivity index (χ2v) is 4.11. The molecule has 0 aromatic carbocycles. The molecular weight excluding hydrogens is 331 g/mol. The molecule has 0 aromatic rings. The SMILES string of the molecule is COC(CN(CC(OC)OC)C(O)=S)OC.NC(O)=S.[NaH]. The zero-order chi connectivity index (χ0) is 16.1. The van der Waals surface area contributed by atoms with Gasteiger partial charge in [-0.3, -0.25) is 0 Å². The summed E-state index contributed by atoms with van der Waals surface area (Å²) in [6.45, 7) is 0.594. The molecule has 0 saturated heterocycles. The Kier molecular flexibility index (Phi) is 20.6. The van der Waals surface area contributed by atoms with Crippen LogP contribution in [0.3, 0.4) is 0 Å². The molecule has 21 heavy (non-hydrogen) atoms. The van der Waals surface area contributed by atoms with E-state index in [1.165, 1.54) is 33.3 Å². The Balaban J connectivity index is -0.000000572. The number of hydrogen-bond acceptors (Lipinski definition) is 6. The van der Waals surface area contributed by atoms with E-state index < -0.39 is 17.8 Å². The Labute approximate surface area is 157 Å². The molecule has 0 unspecified atom stereocenters. The summed E-state index contributed by atoms with van der Waals surface area (Å²) in [7, 11) is 6.04. The molecule has 0 radical (unpaired) electrons. The van der Waals surface area contributed by atoms with Crippen LogP contribution in [0.4, 0.5) is 0 Å². The summed E-state index contributed by atoms with van der Waals surface area (Å²) < 4.78 is 20.1. The van der Waals surface area contributed by atoms with Gasteiger partial charge in [0.25, 0.3) is 10.3 Å². The number of nitrogens with two attached hydrogens (primary N) is 1. The summed E-state index contributed by atoms with van der Waals surface area (Å²) in [5.41, 5.74) is 4.40. The zero-order valence-electron chi connectivity index (χ0n) is 11.9. The summed E-state index contributed by atoms with van der Waals surface area (Å²) in [6.07, 6.45) is -0.945. The van der Waals surface area contributed by atoms with Gasteiger partial charge in [-0.25, -0.2) is 0 Å². The summed E-state index contributed by atoms with van der Waals surface area (Å²) in [4.78, 5) is 1.48. The van der Waals surface area contributed by atoms with Gasteiger partial charge in [0.2, 0.25) is 0 Å². The van der Waals surface area contributed by atoms with E-state index in [2.05, 4.69) is 18.0 Å². The van der Waals surface area contributed by atoms with Crippen LogP contribution in [0.25, 0.3) is 0 Å². The molecule has 0 aliphatic carbocycles. The molecular formula is C10H23N2NaO6S2. The standard InChI is InChI=1S/C9H19NO5S.CH3NOS.Na.H/c1-12-7(13-2)5-10(9(11)16)6-8(14-3)15-4;2-1(3)4;;/h7-8H,5-6H2,1-4H3,(H,11,16);(H3,2,3,4);;. The molecule has 122 valence electrons. The molecule has 0 saturated carbocycles. The van der Waals surface area contributed by atoms with Crippen LogP contribution in [0.15, 0.2) is 0 Å². The van der Waals surface area contributed by atoms with Gasteiger partial charge in [0.05, 0.1) is 13.1 Å². The number of methoxy groups -OCH3 is 4. The van der Waals surface area contributed by atoms with Gasteiger partial charge in [-0.2, -0.15) is 0 Å². The van der Waals surface area contributed by atoms with E-state index in [9.17, 15) is 5.11 Å². The number of hydrogen-bond donors (Lipinski definition) is 3. The number of ether oxygens (including phenoxy) is 4. The first kappa shape index (κ1) is 26.1. The predicted octanol–water partition coefficient (Wildman–Crippen LogP) is -0.491. The molecule has 0 bridgehead atoms. The molecule has 11 heteroatoms. The van der Waals surface area contributed by atoms with E-state index in [-0.39, 0.29) is 34.7 Å². The van der Waals surface area contributed by atoms with Crippen LogP contribution in [-0.4, -0.2) is 109 Å². The first-order valence-electron chi connectivity index (χ1n) is 5.39. The third-order valence-corrected chi connectivity index (χ3v) is 2.32. The Morgan fingerprint density at radius 1 is 0.952 bits per heavy atom. The molecule has 0 rings (SSSR count). The van der Waals surface area contributed by atoms with Gasteiger partial charge in [0, 0.05) is 28.4 Å². The normalized spacial score (nSPS) is 9.62. The van der Waals surface area contributed by atoms with Crippen molar-refractivity contribution in [2.45, 2.75) is 12.6 Å². The molecule has 0 heterocycles. The topological polar surface area (TPSA) is 107 Å². The fourth-order valence-corrected chi connectivity index (χ4v) is 1.23. The van der Waals surface area contributed by atoms with Crippen LogP contribution in [0.1, 0.15) is 0 Å². The van der Waals surface area contributed by atoms with E-state index >= 15 is 0 Å². The Morgan fingerprint density at radius 2 is 1.19 bits per heavy atom. The molecule has 0 aromatic heterocycles. The van der Waals surface area contributed by atoms with Gasteiger partial charge in [0.1, 0.15) is 0 Å². The molecule has 0 atom stereocenters. The van der Waals surface area contributed by atoms with Crippen molar-refractivity contribution in [1.82, 2.24) is 4.90 Å². The van der Waals surface area contributed by atoms with E-state index in [0.717, 1.165) is 0 Å². The van der Waals surface area contributed by atoms with E-state index in [4.69, 9.17) is 36.3 Å². The van der Waals surface area contributed by atoms with Gasteiger partial charge in [-0.05, 0) is 24.4 Å². The van der Waals surface area contributed by atoms with Crippen molar-refractivity contribution in [2.75, 3.05) is 41.5 Å². The van der Waals surface area contributed by atoms with Crippen LogP contribution in [0.2, 0.25) is 0 Å². The Morgan fingerprint density at radius 3 is 1.33 bits per heavy atom. The van der Waals surface area contributed by atoms with Crippen molar-refractivity contribution in [1.29, 1.82) is 0 Å². The summed E-state index contributed by atoms with van der Waals surface area (Å²) in [5, 5.41) is 16.1. The third-order valence-electron chi connectivity index (χ3n) is 2.06. The molecule has 4 N–H and O–H groups in total. The van der Waals surface area contributed by atoms with Crippen molar-refractivity contribution in [2.24, 2.45) is 5.73 Å². The second kappa shape index (κ2) is 16.6. The fourth-order valence-electron chi connectivity index (χ4n) is 1.08. The zero-order valence-corrected chi connectivity index (χ0v) is 13.6. The van der Waals surface area contributed by atoms with Crippen molar-refractivity contribution < 1.29 is 29.2 Å². The number of rotatable bonds is 8. The van der Waals surface area contributed by atoms with E-state index in [1.807, 2.05) is 0 Å². The predicted molar refractivity (Wildman–Crippen MR) is 89.0 cm³/mol. The average Bonchev–Trinajstić information content (AvgIpc) is 2.38. The summed E-state index contributed by atoms with van der Waals surface area (Å²) in [5.74, 6) is 0. The van der Waals surface area contributed by atoms with Crippen LogP contribution < -0.4 is 5.73 Å². The van der Waals surface area contributed by atoms with E-state index in [1.54, 1.807) is 0 Å². The first-order valence-corrected chi connectivity index (χ1v) is 6.21. The van der Waals surface area contributed by atoms with Crippen LogP contribution in [0, 0.1) is 0 Å². The van der Waals surface area contributed by atoms with E-state index in [0.29, 0.717) is 13.1 Å². The maximum atomic E-state index is 9.33. The second-order valence-electron chi connectivity index (χ2n) is 3.33. The van der Waals surface area contributed by atoms with Gasteiger partial charge in [-0.1, -0.05) is 0 Å². The molecule has 8 nitrogen and oxygen atoms in total. The molecule has 0 amide bonds. The third kappa shape index (κ3) is 16.4. The number of nitrogens with zero attached hydrogens (tertiary/aromatic N) is 1. The molecule has 0 aliphatic rings. The van der Waals surface area contributed by atoms with Crippen molar-refractivity contribution in [3.63, 3.8) is 0 Å². The minimum absolute atomic E-state index is 0. The summed E-state index contributed by atoms with van der Waals surface area (Å²) in [6, 6.07) is 0. The monoisotopic (exact) mass is 354 g/mol. The van der Waals surface area contributed by atoms with Crippen LogP contribution in [0.5, 0.6) is 0 Å². The molecule has 0 aliphatic heterocycles. The van der Waals surface area contributed by atoms with Gasteiger partial charge in [-0.15, -0.1) is 0 Å². The van der Waals surface area contributed by atoms with Crippen LogP contribution >= 0.6 is 24.4 Å². The quantitative estimate of drug-likeness (QED) is 0.300. The number of aliphatic hydroxyl groups excluding tert-OH is 2. The van der Waals surface area contributed by atoms with Crippen molar-refractivity contribution in [3.8, 4) is 0 Å². The number of thiocarbonyl (C=S) groups is 2. The van der Waals surface area contributed by atoms with Crippen molar-refractivity contribution in [3.05, 3.63) is 0 Å². The summed E-state index contributed by atoms with van der Waals surface area (Å²) >= 11 is 8.58. The van der Waals surface area contributed by atoms with Gasteiger partial charge >= 0.3 is 29.6 Å². The van der Waals surface area contributed by atoms with Crippen molar-refractivity contribution >= 4 is 64.3 Å². The van der Waals surface area contributed by atoms with Crippen LogP contribution in [-0.2, 0) is 18.9 Å².